The van der Waals surface area contributed by atoms with Crippen molar-refractivity contribution in [1.29, 1.82) is 0 Å². The zero-order valence-electron chi connectivity index (χ0n) is 15.1. The number of benzene rings is 2. The molecule has 1 unspecified atom stereocenters. The summed E-state index contributed by atoms with van der Waals surface area (Å²) in [5, 5.41) is 0. The third kappa shape index (κ3) is 2.80. The van der Waals surface area contributed by atoms with Crippen LogP contribution in [0.15, 0.2) is 90.0 Å². The van der Waals surface area contributed by atoms with Crippen LogP contribution in [-0.2, 0) is 6.42 Å². The van der Waals surface area contributed by atoms with E-state index in [4.69, 9.17) is 0 Å². The summed E-state index contributed by atoms with van der Waals surface area (Å²) < 4.78 is 0. The van der Waals surface area contributed by atoms with Crippen LogP contribution in [0.4, 0.5) is 0 Å². The maximum absolute atomic E-state index is 4.55. The smallest absolute Gasteiger partial charge is 0.00958 e. The van der Waals surface area contributed by atoms with Crippen molar-refractivity contribution in [2.45, 2.75) is 25.7 Å². The van der Waals surface area contributed by atoms with Crippen LogP contribution in [0.5, 0.6) is 0 Å². The molecule has 0 aromatic heterocycles. The quantitative estimate of drug-likeness (QED) is 0.588. The molecule has 0 heterocycles. The number of rotatable bonds is 4. The summed E-state index contributed by atoms with van der Waals surface area (Å²) in [6.45, 7) is 4.55. The minimum atomic E-state index is 0.441. The molecule has 0 radical (unpaired) electrons. The van der Waals surface area contributed by atoms with Crippen LogP contribution in [-0.4, -0.2) is 0 Å². The Labute approximate surface area is 156 Å². The minimum Gasteiger partial charge on any atom is -0.0946 e. The summed E-state index contributed by atoms with van der Waals surface area (Å²) in [6.07, 6.45) is 12.0. The lowest BCUT2D eigenvalue weighted by atomic mass is 9.89. The van der Waals surface area contributed by atoms with E-state index in [0.29, 0.717) is 5.92 Å². The number of fused-ring (bicyclic) bond motifs is 1. The molecule has 0 spiro atoms. The highest BCUT2D eigenvalue weighted by atomic mass is 14.4. The number of hydrogen-bond donors (Lipinski definition) is 0. The molecule has 0 saturated heterocycles. The van der Waals surface area contributed by atoms with E-state index in [1.165, 1.54) is 51.8 Å². The summed E-state index contributed by atoms with van der Waals surface area (Å²) in [7, 11) is 0. The van der Waals surface area contributed by atoms with Gasteiger partial charge in [0.25, 0.3) is 0 Å². The average molecular weight is 336 g/mol. The Morgan fingerprint density at radius 3 is 2.46 bits per heavy atom. The summed E-state index contributed by atoms with van der Waals surface area (Å²) in [5.41, 5.74) is 9.87. The number of hydrogen-bond acceptors (Lipinski definition) is 0. The second-order valence-corrected chi connectivity index (χ2v) is 7.83. The van der Waals surface area contributed by atoms with Crippen molar-refractivity contribution >= 4 is 11.6 Å². The van der Waals surface area contributed by atoms with Crippen LogP contribution in [0, 0.1) is 11.8 Å². The van der Waals surface area contributed by atoms with Gasteiger partial charge in [-0.15, -0.1) is 0 Å². The van der Waals surface area contributed by atoms with Crippen LogP contribution >= 0.6 is 0 Å². The first-order valence-electron chi connectivity index (χ1n) is 9.74. The second-order valence-electron chi connectivity index (χ2n) is 7.83. The molecule has 1 saturated carbocycles. The standard InChI is InChI=1S/C26H24/c1-18-24(14-13-19-11-12-19)26(20-7-3-2-4-8-20)17-25(18)23-15-21-9-5-6-10-22(21)16-23/h2-10,13-15,19,25H,1,11-12,16-17H2/b14-13-. The SMILES string of the molecule is C=C1C(/C=C\C2CC2)=C(c2ccccc2)CC1C1=Cc2ccccc2C1. The Hall–Kier alpha value is -2.60. The van der Waals surface area contributed by atoms with Gasteiger partial charge < -0.3 is 0 Å². The lowest BCUT2D eigenvalue weighted by molar-refractivity contribution is 0.766. The molecule has 128 valence electrons. The Bertz CT molecular complexity index is 949. The molecule has 0 aliphatic heterocycles. The molecule has 0 nitrogen and oxygen atoms in total. The van der Waals surface area contributed by atoms with E-state index in [0.717, 1.165) is 18.8 Å². The van der Waals surface area contributed by atoms with Crippen molar-refractivity contribution in [3.8, 4) is 0 Å². The second kappa shape index (κ2) is 6.29. The van der Waals surface area contributed by atoms with E-state index in [2.05, 4.69) is 79.4 Å². The zero-order valence-corrected chi connectivity index (χ0v) is 15.1. The van der Waals surface area contributed by atoms with Gasteiger partial charge in [0.1, 0.15) is 0 Å². The zero-order chi connectivity index (χ0) is 17.5. The summed E-state index contributed by atoms with van der Waals surface area (Å²) in [6, 6.07) is 19.7. The largest absolute Gasteiger partial charge is 0.0946 e. The molecule has 0 amide bonds. The van der Waals surface area contributed by atoms with Gasteiger partial charge in [-0.25, -0.2) is 0 Å². The first kappa shape index (κ1) is 15.6. The van der Waals surface area contributed by atoms with Gasteiger partial charge in [0.05, 0.1) is 0 Å². The lowest BCUT2D eigenvalue weighted by Crippen LogP contribution is -2.03. The number of allylic oxidation sites excluding steroid dienone is 6. The molecule has 0 N–H and O–H groups in total. The van der Waals surface area contributed by atoms with Gasteiger partial charge in [0.2, 0.25) is 0 Å². The summed E-state index contributed by atoms with van der Waals surface area (Å²) in [4.78, 5) is 0. The normalized spacial score (nSPS) is 22.2. The molecule has 3 aliphatic rings. The topological polar surface area (TPSA) is 0 Å². The van der Waals surface area contributed by atoms with E-state index in [1.54, 1.807) is 0 Å². The molecule has 3 aliphatic carbocycles. The van der Waals surface area contributed by atoms with Crippen LogP contribution in [0.1, 0.15) is 36.0 Å². The Balaban J connectivity index is 1.49. The molecule has 1 atom stereocenters. The van der Waals surface area contributed by atoms with E-state index >= 15 is 0 Å². The monoisotopic (exact) mass is 336 g/mol. The van der Waals surface area contributed by atoms with Crippen molar-refractivity contribution in [2.24, 2.45) is 11.8 Å². The maximum atomic E-state index is 4.55. The molecular formula is C26H24. The van der Waals surface area contributed by atoms with Gasteiger partial charge in [0, 0.05) is 5.92 Å². The molecule has 2 aromatic carbocycles. The van der Waals surface area contributed by atoms with Gasteiger partial charge in [-0.1, -0.05) is 85.0 Å². The maximum Gasteiger partial charge on any atom is 0.00958 e. The molecular weight excluding hydrogens is 312 g/mol. The van der Waals surface area contributed by atoms with E-state index < -0.39 is 0 Å². The van der Waals surface area contributed by atoms with Crippen molar-refractivity contribution in [3.05, 3.63) is 107 Å². The summed E-state index contributed by atoms with van der Waals surface area (Å²) in [5.74, 6) is 1.23. The Morgan fingerprint density at radius 1 is 0.923 bits per heavy atom. The van der Waals surface area contributed by atoms with Crippen molar-refractivity contribution in [1.82, 2.24) is 0 Å². The van der Waals surface area contributed by atoms with Gasteiger partial charge in [-0.2, -0.15) is 0 Å². The highest BCUT2D eigenvalue weighted by Crippen LogP contribution is 2.48. The van der Waals surface area contributed by atoms with Crippen LogP contribution in [0.25, 0.3) is 11.6 Å². The van der Waals surface area contributed by atoms with Crippen LogP contribution < -0.4 is 0 Å². The van der Waals surface area contributed by atoms with Crippen molar-refractivity contribution in [3.63, 3.8) is 0 Å². The van der Waals surface area contributed by atoms with E-state index in [9.17, 15) is 0 Å². The van der Waals surface area contributed by atoms with Gasteiger partial charge >= 0.3 is 0 Å². The fraction of sp³-hybridized carbons (Fsp3) is 0.231. The highest BCUT2D eigenvalue weighted by molar-refractivity contribution is 5.81. The average Bonchev–Trinajstić information content (AvgIpc) is 3.31. The van der Waals surface area contributed by atoms with Crippen LogP contribution in [0.2, 0.25) is 0 Å². The predicted molar refractivity (Wildman–Crippen MR) is 111 cm³/mol. The van der Waals surface area contributed by atoms with Gasteiger partial charge in [0.15, 0.2) is 0 Å². The first-order chi connectivity index (χ1) is 12.8. The van der Waals surface area contributed by atoms with Crippen molar-refractivity contribution < 1.29 is 0 Å². The van der Waals surface area contributed by atoms with Gasteiger partial charge in [-0.05, 0) is 65.0 Å². The molecule has 26 heavy (non-hydrogen) atoms. The van der Waals surface area contributed by atoms with E-state index in [-0.39, 0.29) is 0 Å². The molecule has 2 aromatic rings. The Kier molecular flexibility index (Phi) is 3.78. The van der Waals surface area contributed by atoms with Crippen LogP contribution in [0.3, 0.4) is 0 Å². The highest BCUT2D eigenvalue weighted by Gasteiger charge is 2.32. The molecule has 0 heteroatoms. The third-order valence-electron chi connectivity index (χ3n) is 6.02. The van der Waals surface area contributed by atoms with Crippen molar-refractivity contribution in [2.75, 3.05) is 0 Å². The fourth-order valence-electron chi connectivity index (χ4n) is 4.35. The fourth-order valence-corrected chi connectivity index (χ4v) is 4.35. The lowest BCUT2D eigenvalue weighted by Gasteiger charge is -2.14. The molecule has 5 rings (SSSR count). The van der Waals surface area contributed by atoms with Gasteiger partial charge in [-0.3, -0.25) is 0 Å². The minimum absolute atomic E-state index is 0.441. The molecule has 0 bridgehead atoms. The predicted octanol–water partition coefficient (Wildman–Crippen LogP) is 6.62. The Morgan fingerprint density at radius 2 is 1.69 bits per heavy atom. The first-order valence-corrected chi connectivity index (χ1v) is 9.74. The summed E-state index contributed by atoms with van der Waals surface area (Å²) >= 11 is 0. The third-order valence-corrected chi connectivity index (χ3v) is 6.02. The van der Waals surface area contributed by atoms with E-state index in [1.807, 2.05) is 0 Å². The molecule has 1 fully saturated rings.